The van der Waals surface area contributed by atoms with Gasteiger partial charge in [0.1, 0.15) is 6.10 Å². The van der Waals surface area contributed by atoms with Crippen LogP contribution in [-0.4, -0.2) is 35.9 Å². The van der Waals surface area contributed by atoms with Crippen LogP contribution < -0.4 is 0 Å². The fraction of sp³-hybridized carbons (Fsp3) is 0.923. The average Bonchev–Trinajstić information content (AvgIpc) is 2.66. The number of carbonyl (C=O) groups is 2. The summed E-state index contributed by atoms with van der Waals surface area (Å²) >= 11 is 0. The number of unbranched alkanes of at least 4 members (excludes halogenated alkanes) is 3. The Morgan fingerprint density at radius 3 is 2.39 bits per heavy atom. The monoisotopic (exact) mass is 440 g/mol. The summed E-state index contributed by atoms with van der Waals surface area (Å²) in [6, 6.07) is 0. The summed E-state index contributed by atoms with van der Waals surface area (Å²) in [4.78, 5) is 24.2. The van der Waals surface area contributed by atoms with Gasteiger partial charge in [0.25, 0.3) is 0 Å². The second kappa shape index (κ2) is 14.9. The minimum atomic E-state index is -1.05. The second-order valence-electron chi connectivity index (χ2n) is 10.3. The Labute approximate surface area is 190 Å². The lowest BCUT2D eigenvalue weighted by Crippen LogP contribution is -2.34. The largest absolute Gasteiger partial charge is 0.466 e. The summed E-state index contributed by atoms with van der Waals surface area (Å²) in [5.41, 5.74) is 0.339. The van der Waals surface area contributed by atoms with E-state index in [1.54, 1.807) is 0 Å². The fourth-order valence-corrected chi connectivity index (χ4v) is 5.13. The van der Waals surface area contributed by atoms with E-state index in [4.69, 9.17) is 9.47 Å². The lowest BCUT2D eigenvalue weighted by Gasteiger charge is -2.43. The van der Waals surface area contributed by atoms with Crippen LogP contribution in [0.2, 0.25) is 0 Å². The number of aliphatic hydroxyl groups is 1. The number of rotatable bonds is 15. The van der Waals surface area contributed by atoms with Crippen LogP contribution in [0.4, 0.5) is 0 Å². The van der Waals surface area contributed by atoms with Gasteiger partial charge in [0.15, 0.2) is 0 Å². The van der Waals surface area contributed by atoms with Crippen LogP contribution in [0.5, 0.6) is 0 Å². The standard InChI is InChI=1S/C26H48O5/c1-6-8-9-10-17-30-24(28)18-21(27)19-25(29)31-22(12-7-2)14-15-23-20(3)13-11-16-26(23,4)5/h20-23,27H,6-19H2,1-5H3. The molecule has 0 saturated heterocycles. The number of aliphatic hydroxyl groups excluding tert-OH is 1. The van der Waals surface area contributed by atoms with Crippen molar-refractivity contribution in [1.29, 1.82) is 0 Å². The summed E-state index contributed by atoms with van der Waals surface area (Å²) in [6.07, 6.45) is 10.2. The third-order valence-electron chi connectivity index (χ3n) is 6.95. The van der Waals surface area contributed by atoms with E-state index in [9.17, 15) is 14.7 Å². The Hall–Kier alpha value is -1.10. The van der Waals surface area contributed by atoms with Gasteiger partial charge in [0.2, 0.25) is 0 Å². The van der Waals surface area contributed by atoms with Crippen LogP contribution in [0, 0.1) is 17.3 Å². The van der Waals surface area contributed by atoms with Crippen LogP contribution in [0.15, 0.2) is 0 Å². The van der Waals surface area contributed by atoms with E-state index in [2.05, 4.69) is 34.6 Å². The van der Waals surface area contributed by atoms with Crippen LogP contribution in [0.25, 0.3) is 0 Å². The van der Waals surface area contributed by atoms with Gasteiger partial charge in [-0.25, -0.2) is 0 Å². The lowest BCUT2D eigenvalue weighted by molar-refractivity contribution is -0.154. The normalized spacial score (nSPS) is 22.5. The zero-order chi connectivity index (χ0) is 23.3. The highest BCUT2D eigenvalue weighted by Crippen LogP contribution is 2.46. The van der Waals surface area contributed by atoms with Gasteiger partial charge in [-0.15, -0.1) is 0 Å². The van der Waals surface area contributed by atoms with Gasteiger partial charge < -0.3 is 14.6 Å². The number of esters is 2. The van der Waals surface area contributed by atoms with E-state index in [1.807, 2.05) is 0 Å². The van der Waals surface area contributed by atoms with Gasteiger partial charge in [-0.3, -0.25) is 9.59 Å². The molecule has 0 aromatic carbocycles. The molecule has 0 amide bonds. The Kier molecular flexibility index (Phi) is 13.4. The lowest BCUT2D eigenvalue weighted by atomic mass is 9.62. The first kappa shape index (κ1) is 27.9. The number of carbonyl (C=O) groups excluding carboxylic acids is 2. The van der Waals surface area contributed by atoms with E-state index in [0.29, 0.717) is 23.9 Å². The molecule has 0 bridgehead atoms. The van der Waals surface area contributed by atoms with E-state index in [0.717, 1.165) is 51.4 Å². The molecule has 182 valence electrons. The highest BCUT2D eigenvalue weighted by atomic mass is 16.5. The van der Waals surface area contributed by atoms with Crippen molar-refractivity contribution in [3.63, 3.8) is 0 Å². The molecule has 5 nitrogen and oxygen atoms in total. The molecule has 31 heavy (non-hydrogen) atoms. The molecule has 1 aliphatic rings. The number of hydrogen-bond acceptors (Lipinski definition) is 5. The van der Waals surface area contributed by atoms with Crippen molar-refractivity contribution in [3.05, 3.63) is 0 Å². The molecule has 1 fully saturated rings. The minimum Gasteiger partial charge on any atom is -0.466 e. The molecule has 0 aliphatic heterocycles. The molecule has 4 atom stereocenters. The van der Waals surface area contributed by atoms with Gasteiger partial charge in [-0.1, -0.05) is 73.1 Å². The van der Waals surface area contributed by atoms with Crippen molar-refractivity contribution < 1.29 is 24.2 Å². The summed E-state index contributed by atoms with van der Waals surface area (Å²) in [5.74, 6) is 0.488. The predicted octanol–water partition coefficient (Wildman–Crippen LogP) is 6.21. The van der Waals surface area contributed by atoms with Crippen LogP contribution in [-0.2, 0) is 19.1 Å². The van der Waals surface area contributed by atoms with Gasteiger partial charge in [-0.2, -0.15) is 0 Å². The zero-order valence-electron chi connectivity index (χ0n) is 20.8. The molecule has 5 heteroatoms. The average molecular weight is 441 g/mol. The molecule has 1 saturated carbocycles. The van der Waals surface area contributed by atoms with E-state index in [1.165, 1.54) is 19.3 Å². The molecule has 0 aromatic heterocycles. The molecule has 1 rings (SSSR count). The van der Waals surface area contributed by atoms with Crippen molar-refractivity contribution in [2.75, 3.05) is 6.61 Å². The minimum absolute atomic E-state index is 0.111. The van der Waals surface area contributed by atoms with Gasteiger partial charge in [0.05, 0.1) is 25.6 Å². The number of hydrogen-bond donors (Lipinski definition) is 1. The molecule has 0 spiro atoms. The first-order chi connectivity index (χ1) is 14.7. The van der Waals surface area contributed by atoms with E-state index >= 15 is 0 Å². The van der Waals surface area contributed by atoms with Crippen molar-refractivity contribution in [1.82, 2.24) is 0 Å². The second-order valence-corrected chi connectivity index (χ2v) is 10.3. The summed E-state index contributed by atoms with van der Waals surface area (Å²) in [7, 11) is 0. The number of ether oxygens (including phenoxy) is 2. The first-order valence-electron chi connectivity index (χ1n) is 12.7. The molecule has 1 aliphatic carbocycles. The third kappa shape index (κ3) is 11.4. The highest BCUT2D eigenvalue weighted by molar-refractivity contribution is 5.73. The van der Waals surface area contributed by atoms with Gasteiger partial charge >= 0.3 is 11.9 Å². The Bertz CT molecular complexity index is 516. The Balaban J connectivity index is 2.39. The van der Waals surface area contributed by atoms with Gasteiger partial charge in [0, 0.05) is 0 Å². The smallest absolute Gasteiger partial charge is 0.308 e. The highest BCUT2D eigenvalue weighted by Gasteiger charge is 2.36. The van der Waals surface area contributed by atoms with E-state index in [-0.39, 0.29) is 18.9 Å². The molecule has 0 heterocycles. The maximum Gasteiger partial charge on any atom is 0.308 e. The molecule has 1 N–H and O–H groups in total. The summed E-state index contributed by atoms with van der Waals surface area (Å²) in [6.45, 7) is 11.7. The van der Waals surface area contributed by atoms with Crippen molar-refractivity contribution in [3.8, 4) is 0 Å². The molecule has 0 radical (unpaired) electrons. The van der Waals surface area contributed by atoms with Crippen molar-refractivity contribution >= 4 is 11.9 Å². The molecular formula is C26H48O5. The SMILES string of the molecule is CCCCCCOC(=O)CC(O)CC(=O)OC(CCC)CCC1C(C)CCCC1(C)C. The molecule has 0 aromatic rings. The fourth-order valence-electron chi connectivity index (χ4n) is 5.13. The zero-order valence-corrected chi connectivity index (χ0v) is 20.8. The maximum absolute atomic E-state index is 12.4. The Morgan fingerprint density at radius 2 is 1.74 bits per heavy atom. The van der Waals surface area contributed by atoms with Crippen LogP contribution >= 0.6 is 0 Å². The third-order valence-corrected chi connectivity index (χ3v) is 6.95. The Morgan fingerprint density at radius 1 is 1.03 bits per heavy atom. The molecule has 4 unspecified atom stereocenters. The summed E-state index contributed by atoms with van der Waals surface area (Å²) < 4.78 is 10.9. The van der Waals surface area contributed by atoms with Crippen molar-refractivity contribution in [2.24, 2.45) is 17.3 Å². The van der Waals surface area contributed by atoms with Gasteiger partial charge in [-0.05, 0) is 49.4 Å². The predicted molar refractivity (Wildman–Crippen MR) is 125 cm³/mol. The quantitative estimate of drug-likeness (QED) is 0.242. The first-order valence-corrected chi connectivity index (χ1v) is 12.7. The van der Waals surface area contributed by atoms with E-state index < -0.39 is 18.0 Å². The van der Waals surface area contributed by atoms with Crippen LogP contribution in [0.3, 0.4) is 0 Å². The van der Waals surface area contributed by atoms with Crippen LogP contribution in [0.1, 0.15) is 118 Å². The topological polar surface area (TPSA) is 72.8 Å². The maximum atomic E-state index is 12.4. The summed E-state index contributed by atoms with van der Waals surface area (Å²) in [5, 5.41) is 10.1. The molecular weight excluding hydrogens is 392 g/mol. The van der Waals surface area contributed by atoms with Crippen molar-refractivity contribution in [2.45, 2.75) is 130 Å².